The van der Waals surface area contributed by atoms with E-state index >= 15 is 0 Å². The molecule has 0 rings (SSSR count). The van der Waals surface area contributed by atoms with Crippen molar-refractivity contribution in [1.29, 1.82) is 0 Å². The minimum absolute atomic E-state index is 0.192. The first kappa shape index (κ1) is 12.3. The molecule has 0 saturated carbocycles. The van der Waals surface area contributed by atoms with Gasteiger partial charge in [0.05, 0.1) is 0 Å². The first-order valence-corrected chi connectivity index (χ1v) is 5.10. The molecule has 0 aliphatic carbocycles. The Kier molecular flexibility index (Phi) is 6.47. The summed E-state index contributed by atoms with van der Waals surface area (Å²) in [7, 11) is 0. The highest BCUT2D eigenvalue weighted by atomic mass is 16.1. The van der Waals surface area contributed by atoms with Gasteiger partial charge in [-0.05, 0) is 26.2 Å². The molecule has 13 heavy (non-hydrogen) atoms. The lowest BCUT2D eigenvalue weighted by molar-refractivity contribution is -0.123. The normalized spacial score (nSPS) is 12.5. The zero-order valence-corrected chi connectivity index (χ0v) is 8.93. The van der Waals surface area contributed by atoms with E-state index in [0.29, 0.717) is 18.6 Å². The number of ketones is 2. The van der Waals surface area contributed by atoms with Crippen molar-refractivity contribution in [1.82, 2.24) is 0 Å². The van der Waals surface area contributed by atoms with Crippen molar-refractivity contribution in [3.63, 3.8) is 0 Å². The molecule has 1 unspecified atom stereocenters. The van der Waals surface area contributed by atoms with E-state index in [2.05, 4.69) is 0 Å². The van der Waals surface area contributed by atoms with Gasteiger partial charge in [-0.1, -0.05) is 13.8 Å². The first-order valence-electron chi connectivity index (χ1n) is 5.10. The highest BCUT2D eigenvalue weighted by Crippen LogP contribution is 2.09. The summed E-state index contributed by atoms with van der Waals surface area (Å²) < 4.78 is 0. The lowest BCUT2D eigenvalue weighted by Crippen LogP contribution is -2.09. The zero-order chi connectivity index (χ0) is 10.3. The quantitative estimate of drug-likeness (QED) is 0.570. The van der Waals surface area contributed by atoms with Crippen LogP contribution in [0, 0.1) is 5.92 Å². The summed E-state index contributed by atoms with van der Waals surface area (Å²) >= 11 is 0. The van der Waals surface area contributed by atoms with Crippen molar-refractivity contribution < 1.29 is 9.59 Å². The van der Waals surface area contributed by atoms with Gasteiger partial charge in [0.25, 0.3) is 0 Å². The standard InChI is InChI=1S/C11H20O2/c1-4-9(2)11(13)8-6-5-7-10(3)12/h9H,4-8H2,1-3H3. The van der Waals surface area contributed by atoms with Gasteiger partial charge >= 0.3 is 0 Å². The Balaban J connectivity index is 3.42. The number of rotatable bonds is 7. The van der Waals surface area contributed by atoms with Crippen LogP contribution >= 0.6 is 0 Å². The predicted octanol–water partition coefficient (Wildman–Crippen LogP) is 2.75. The maximum Gasteiger partial charge on any atom is 0.135 e. The molecule has 76 valence electrons. The van der Waals surface area contributed by atoms with Crippen LogP contribution in [0.5, 0.6) is 0 Å². The Bertz CT molecular complexity index is 173. The predicted molar refractivity (Wildman–Crippen MR) is 53.6 cm³/mol. The van der Waals surface area contributed by atoms with E-state index in [-0.39, 0.29) is 11.7 Å². The summed E-state index contributed by atoms with van der Waals surface area (Å²) in [5, 5.41) is 0. The maximum atomic E-state index is 11.3. The highest BCUT2D eigenvalue weighted by Gasteiger charge is 2.09. The number of unbranched alkanes of at least 4 members (excludes halogenated alkanes) is 1. The number of hydrogen-bond donors (Lipinski definition) is 0. The number of carbonyl (C=O) groups excluding carboxylic acids is 2. The van der Waals surface area contributed by atoms with Crippen LogP contribution < -0.4 is 0 Å². The molecule has 2 nitrogen and oxygen atoms in total. The van der Waals surface area contributed by atoms with Crippen LogP contribution in [0.15, 0.2) is 0 Å². The highest BCUT2D eigenvalue weighted by molar-refractivity contribution is 5.80. The van der Waals surface area contributed by atoms with E-state index in [0.717, 1.165) is 19.3 Å². The largest absolute Gasteiger partial charge is 0.300 e. The van der Waals surface area contributed by atoms with Crippen LogP contribution in [0.2, 0.25) is 0 Å². The van der Waals surface area contributed by atoms with Gasteiger partial charge in [-0.3, -0.25) is 4.79 Å². The summed E-state index contributed by atoms with van der Waals surface area (Å²) in [5.74, 6) is 0.749. The molecule has 0 aromatic heterocycles. The molecule has 0 aliphatic heterocycles. The molecule has 0 spiro atoms. The third-order valence-corrected chi connectivity index (χ3v) is 2.36. The van der Waals surface area contributed by atoms with Gasteiger partial charge in [0.2, 0.25) is 0 Å². The van der Waals surface area contributed by atoms with E-state index in [9.17, 15) is 9.59 Å². The molecule has 0 aromatic rings. The molecule has 0 bridgehead atoms. The SMILES string of the molecule is CCC(C)C(=O)CCCCC(C)=O. The summed E-state index contributed by atoms with van der Waals surface area (Å²) in [6.07, 6.45) is 3.90. The molecule has 0 heterocycles. The molecule has 0 aliphatic rings. The maximum absolute atomic E-state index is 11.3. The third-order valence-electron chi connectivity index (χ3n) is 2.36. The van der Waals surface area contributed by atoms with E-state index in [1.165, 1.54) is 0 Å². The Hall–Kier alpha value is -0.660. The van der Waals surface area contributed by atoms with E-state index < -0.39 is 0 Å². The van der Waals surface area contributed by atoms with Crippen molar-refractivity contribution >= 4 is 11.6 Å². The Morgan fingerprint density at radius 2 is 1.69 bits per heavy atom. The second kappa shape index (κ2) is 6.81. The van der Waals surface area contributed by atoms with Crippen LogP contribution in [0.25, 0.3) is 0 Å². The van der Waals surface area contributed by atoms with Crippen molar-refractivity contribution in [3.05, 3.63) is 0 Å². The van der Waals surface area contributed by atoms with E-state index in [1.807, 2.05) is 13.8 Å². The average Bonchev–Trinajstić information content (AvgIpc) is 2.10. The molecule has 2 heteroatoms. The van der Waals surface area contributed by atoms with Crippen LogP contribution in [-0.2, 0) is 9.59 Å². The van der Waals surface area contributed by atoms with Gasteiger partial charge in [-0.15, -0.1) is 0 Å². The van der Waals surface area contributed by atoms with Crippen LogP contribution in [0.1, 0.15) is 52.9 Å². The van der Waals surface area contributed by atoms with Gasteiger partial charge in [0.1, 0.15) is 11.6 Å². The number of Topliss-reactive ketones (excluding diaryl/α,β-unsaturated/α-hetero) is 2. The zero-order valence-electron chi connectivity index (χ0n) is 8.93. The summed E-state index contributed by atoms with van der Waals surface area (Å²) in [6, 6.07) is 0. The Labute approximate surface area is 80.7 Å². The van der Waals surface area contributed by atoms with Gasteiger partial charge in [-0.2, -0.15) is 0 Å². The van der Waals surface area contributed by atoms with Crippen LogP contribution in [0.4, 0.5) is 0 Å². The molecule has 0 saturated heterocycles. The number of hydrogen-bond acceptors (Lipinski definition) is 2. The number of carbonyl (C=O) groups is 2. The van der Waals surface area contributed by atoms with Crippen LogP contribution in [-0.4, -0.2) is 11.6 Å². The third kappa shape index (κ3) is 6.50. The second-order valence-electron chi connectivity index (χ2n) is 3.68. The van der Waals surface area contributed by atoms with Crippen molar-refractivity contribution in [2.24, 2.45) is 5.92 Å². The average molecular weight is 184 g/mol. The fourth-order valence-electron chi connectivity index (χ4n) is 1.15. The smallest absolute Gasteiger partial charge is 0.135 e. The van der Waals surface area contributed by atoms with E-state index in [1.54, 1.807) is 6.92 Å². The first-order chi connectivity index (χ1) is 6.07. The molecule has 0 fully saturated rings. The van der Waals surface area contributed by atoms with Gasteiger partial charge < -0.3 is 4.79 Å². The molecule has 1 atom stereocenters. The summed E-state index contributed by atoms with van der Waals surface area (Å²) in [4.78, 5) is 21.9. The van der Waals surface area contributed by atoms with Crippen LogP contribution in [0.3, 0.4) is 0 Å². The van der Waals surface area contributed by atoms with E-state index in [4.69, 9.17) is 0 Å². The summed E-state index contributed by atoms with van der Waals surface area (Å²) in [5.41, 5.74) is 0. The van der Waals surface area contributed by atoms with Gasteiger partial charge in [0.15, 0.2) is 0 Å². The molecule has 0 radical (unpaired) electrons. The van der Waals surface area contributed by atoms with Crippen molar-refractivity contribution in [3.8, 4) is 0 Å². The minimum Gasteiger partial charge on any atom is -0.300 e. The molecule has 0 N–H and O–H groups in total. The Morgan fingerprint density at radius 1 is 1.15 bits per heavy atom. The Morgan fingerprint density at radius 3 is 2.15 bits per heavy atom. The van der Waals surface area contributed by atoms with Gasteiger partial charge in [0, 0.05) is 18.8 Å². The summed E-state index contributed by atoms with van der Waals surface area (Å²) in [6.45, 7) is 5.59. The molecular formula is C11H20O2. The monoisotopic (exact) mass is 184 g/mol. The lowest BCUT2D eigenvalue weighted by atomic mass is 9.98. The molecular weight excluding hydrogens is 164 g/mol. The minimum atomic E-state index is 0.192. The fourth-order valence-corrected chi connectivity index (χ4v) is 1.15. The second-order valence-corrected chi connectivity index (χ2v) is 3.68. The lowest BCUT2D eigenvalue weighted by Gasteiger charge is -2.05. The van der Waals surface area contributed by atoms with Crippen molar-refractivity contribution in [2.75, 3.05) is 0 Å². The molecule has 0 amide bonds. The topological polar surface area (TPSA) is 34.1 Å². The fraction of sp³-hybridized carbons (Fsp3) is 0.818. The van der Waals surface area contributed by atoms with Crippen molar-refractivity contribution in [2.45, 2.75) is 52.9 Å². The van der Waals surface area contributed by atoms with Gasteiger partial charge in [-0.25, -0.2) is 0 Å². The molecule has 0 aromatic carbocycles.